The Balaban J connectivity index is 1.49. The number of rotatable bonds is 6. The number of halogens is 5. The van der Waals surface area contributed by atoms with Gasteiger partial charge in [0, 0.05) is 27.3 Å². The van der Waals surface area contributed by atoms with Gasteiger partial charge in [-0.15, -0.1) is 23.2 Å². The van der Waals surface area contributed by atoms with Gasteiger partial charge < -0.3 is 10.6 Å². The summed E-state index contributed by atoms with van der Waals surface area (Å²) in [5, 5.41) is 6.63. The Kier molecular flexibility index (Phi) is 7.18. The van der Waals surface area contributed by atoms with Crippen LogP contribution < -0.4 is 10.6 Å². The van der Waals surface area contributed by atoms with Crippen LogP contribution in [-0.2, 0) is 4.79 Å². The standard InChI is InChI=1S/C25H17Cl5N2O2/c1-2-13-3-5-17(6-4-13)31-23(33)19-12-18(7-8-20(19)28)32-24(34)22-21(25(22,29)30)14-9-15(26)11-16(27)10-14/h2-12,21-22H,1H2,(H,31,33)(H,32,34)/t21-,22+/m0/s1. The average molecular weight is 555 g/mol. The molecule has 0 radical (unpaired) electrons. The molecule has 0 saturated heterocycles. The molecule has 2 atom stereocenters. The van der Waals surface area contributed by atoms with Crippen molar-refractivity contribution < 1.29 is 9.59 Å². The molecule has 2 N–H and O–H groups in total. The first kappa shape index (κ1) is 24.9. The van der Waals surface area contributed by atoms with Crippen molar-refractivity contribution in [2.45, 2.75) is 10.3 Å². The Morgan fingerprint density at radius 2 is 1.47 bits per heavy atom. The maximum Gasteiger partial charge on any atom is 0.257 e. The lowest BCUT2D eigenvalue weighted by molar-refractivity contribution is -0.117. The number of hydrogen-bond acceptors (Lipinski definition) is 2. The molecule has 0 aliphatic heterocycles. The van der Waals surface area contributed by atoms with Crippen LogP contribution in [0.5, 0.6) is 0 Å². The molecule has 0 heterocycles. The molecule has 0 unspecified atom stereocenters. The number of carbonyl (C=O) groups excluding carboxylic acids is 2. The molecule has 0 aromatic heterocycles. The highest BCUT2D eigenvalue weighted by molar-refractivity contribution is 6.53. The fraction of sp³-hybridized carbons (Fsp3) is 0.120. The first-order chi connectivity index (χ1) is 16.1. The van der Waals surface area contributed by atoms with E-state index in [2.05, 4.69) is 17.2 Å². The Morgan fingerprint density at radius 1 is 0.853 bits per heavy atom. The summed E-state index contributed by atoms with van der Waals surface area (Å²) in [5.41, 5.74) is 2.76. The average Bonchev–Trinajstić information content (AvgIpc) is 3.37. The molecule has 4 rings (SSSR count). The molecule has 3 aromatic rings. The number of nitrogens with one attached hydrogen (secondary N) is 2. The molecule has 1 saturated carbocycles. The number of benzene rings is 3. The lowest BCUT2D eigenvalue weighted by Crippen LogP contribution is -2.18. The van der Waals surface area contributed by atoms with Gasteiger partial charge in [-0.3, -0.25) is 9.59 Å². The van der Waals surface area contributed by atoms with Crippen LogP contribution in [0.4, 0.5) is 11.4 Å². The molecule has 1 fully saturated rings. The third-order valence-electron chi connectivity index (χ3n) is 5.46. The highest BCUT2D eigenvalue weighted by Crippen LogP contribution is 2.65. The van der Waals surface area contributed by atoms with Crippen molar-refractivity contribution in [2.75, 3.05) is 10.6 Å². The zero-order chi connectivity index (χ0) is 24.6. The molecule has 4 nitrogen and oxygen atoms in total. The monoisotopic (exact) mass is 552 g/mol. The van der Waals surface area contributed by atoms with E-state index in [-0.39, 0.29) is 10.6 Å². The van der Waals surface area contributed by atoms with Crippen molar-refractivity contribution in [3.8, 4) is 0 Å². The van der Waals surface area contributed by atoms with Crippen molar-refractivity contribution >= 4 is 87.3 Å². The Hall–Kier alpha value is -2.21. The maximum atomic E-state index is 13.0. The molecule has 2 amide bonds. The van der Waals surface area contributed by atoms with Gasteiger partial charge in [-0.05, 0) is 59.7 Å². The summed E-state index contributed by atoms with van der Waals surface area (Å²) in [5.74, 6) is -2.04. The first-order valence-corrected chi connectivity index (χ1v) is 12.0. The van der Waals surface area contributed by atoms with E-state index in [1.807, 2.05) is 12.1 Å². The third-order valence-corrected chi connectivity index (χ3v) is 7.17. The molecule has 0 spiro atoms. The van der Waals surface area contributed by atoms with Gasteiger partial charge in [-0.1, -0.05) is 59.6 Å². The molecule has 174 valence electrons. The van der Waals surface area contributed by atoms with E-state index in [0.717, 1.165) is 5.56 Å². The van der Waals surface area contributed by atoms with Crippen LogP contribution >= 0.6 is 58.0 Å². The normalized spacial score (nSPS) is 18.1. The largest absolute Gasteiger partial charge is 0.326 e. The Bertz CT molecular complexity index is 1270. The lowest BCUT2D eigenvalue weighted by atomic mass is 10.1. The molecule has 9 heteroatoms. The lowest BCUT2D eigenvalue weighted by Gasteiger charge is -2.10. The molecule has 0 bridgehead atoms. The van der Waals surface area contributed by atoms with Crippen LogP contribution in [0.1, 0.15) is 27.4 Å². The van der Waals surface area contributed by atoms with E-state index in [9.17, 15) is 9.59 Å². The van der Waals surface area contributed by atoms with Crippen molar-refractivity contribution in [3.63, 3.8) is 0 Å². The molecule has 34 heavy (non-hydrogen) atoms. The minimum atomic E-state index is -1.32. The number of hydrogen-bond donors (Lipinski definition) is 2. The van der Waals surface area contributed by atoms with E-state index in [1.165, 1.54) is 12.1 Å². The van der Waals surface area contributed by atoms with Crippen LogP contribution in [-0.4, -0.2) is 16.1 Å². The van der Waals surface area contributed by atoms with Gasteiger partial charge in [0.05, 0.1) is 16.5 Å². The summed E-state index contributed by atoms with van der Waals surface area (Å²) in [6, 6.07) is 16.7. The maximum absolute atomic E-state index is 13.0. The smallest absolute Gasteiger partial charge is 0.257 e. The quantitative estimate of drug-likeness (QED) is 0.303. The minimum Gasteiger partial charge on any atom is -0.326 e. The summed E-state index contributed by atoms with van der Waals surface area (Å²) >= 11 is 31.2. The number of alkyl halides is 2. The SMILES string of the molecule is C=Cc1ccc(NC(=O)c2cc(NC(=O)[C@H]3[C@H](c4cc(Cl)cc(Cl)c4)C3(Cl)Cl)ccc2Cl)cc1. The van der Waals surface area contributed by atoms with Crippen LogP contribution in [0.25, 0.3) is 6.08 Å². The topological polar surface area (TPSA) is 58.2 Å². The number of carbonyl (C=O) groups is 2. The van der Waals surface area contributed by atoms with Crippen LogP contribution in [0.2, 0.25) is 15.1 Å². The van der Waals surface area contributed by atoms with Gasteiger partial charge in [0.15, 0.2) is 0 Å². The van der Waals surface area contributed by atoms with Crippen LogP contribution in [0, 0.1) is 5.92 Å². The number of anilines is 2. The van der Waals surface area contributed by atoms with E-state index in [4.69, 9.17) is 58.0 Å². The second kappa shape index (κ2) is 9.80. The summed E-state index contributed by atoms with van der Waals surface area (Å²) in [6.07, 6.45) is 1.70. The Labute approximate surface area is 221 Å². The second-order valence-corrected chi connectivity index (χ2v) is 10.5. The van der Waals surface area contributed by atoms with E-state index in [0.29, 0.717) is 27.0 Å². The van der Waals surface area contributed by atoms with Crippen molar-refractivity contribution in [2.24, 2.45) is 5.92 Å². The zero-order valence-corrected chi connectivity index (χ0v) is 21.2. The summed E-state index contributed by atoms with van der Waals surface area (Å²) in [6.45, 7) is 3.70. The van der Waals surface area contributed by atoms with Crippen molar-refractivity contribution in [3.05, 3.63) is 99.0 Å². The number of amides is 2. The molecular formula is C25H17Cl5N2O2. The van der Waals surface area contributed by atoms with Crippen molar-refractivity contribution in [1.82, 2.24) is 0 Å². The summed E-state index contributed by atoms with van der Waals surface area (Å²) < 4.78 is -1.32. The van der Waals surface area contributed by atoms with Gasteiger partial charge in [-0.2, -0.15) is 0 Å². The molecule has 1 aliphatic carbocycles. The van der Waals surface area contributed by atoms with E-state index in [1.54, 1.807) is 42.5 Å². The Morgan fingerprint density at radius 3 is 2.09 bits per heavy atom. The third kappa shape index (κ3) is 5.22. The van der Waals surface area contributed by atoms with Crippen LogP contribution in [0.15, 0.2) is 67.2 Å². The summed E-state index contributed by atoms with van der Waals surface area (Å²) in [7, 11) is 0. The predicted molar refractivity (Wildman–Crippen MR) is 142 cm³/mol. The van der Waals surface area contributed by atoms with Crippen molar-refractivity contribution in [1.29, 1.82) is 0 Å². The molecule has 3 aromatic carbocycles. The predicted octanol–water partition coefficient (Wildman–Crippen LogP) is 8.07. The second-order valence-electron chi connectivity index (χ2n) is 7.80. The van der Waals surface area contributed by atoms with Gasteiger partial charge >= 0.3 is 0 Å². The van der Waals surface area contributed by atoms with E-state index < -0.39 is 28.0 Å². The minimum absolute atomic E-state index is 0.198. The molecule has 1 aliphatic rings. The fourth-order valence-electron chi connectivity index (χ4n) is 3.72. The zero-order valence-electron chi connectivity index (χ0n) is 17.4. The first-order valence-electron chi connectivity index (χ1n) is 10.1. The van der Waals surface area contributed by atoms with Gasteiger partial charge in [0.25, 0.3) is 5.91 Å². The molecular weight excluding hydrogens is 538 g/mol. The fourth-order valence-corrected chi connectivity index (χ4v) is 5.29. The van der Waals surface area contributed by atoms with E-state index >= 15 is 0 Å². The summed E-state index contributed by atoms with van der Waals surface area (Å²) in [4.78, 5) is 25.8. The highest BCUT2D eigenvalue weighted by Gasteiger charge is 2.67. The van der Waals surface area contributed by atoms with Crippen LogP contribution in [0.3, 0.4) is 0 Å². The van der Waals surface area contributed by atoms with Gasteiger partial charge in [0.2, 0.25) is 5.91 Å². The highest BCUT2D eigenvalue weighted by atomic mass is 35.5. The van der Waals surface area contributed by atoms with Gasteiger partial charge in [0.1, 0.15) is 4.33 Å². The van der Waals surface area contributed by atoms with Gasteiger partial charge in [-0.25, -0.2) is 0 Å².